The van der Waals surface area contributed by atoms with Crippen LogP contribution < -0.4 is 5.32 Å². The minimum absolute atomic E-state index is 0.0334. The summed E-state index contributed by atoms with van der Waals surface area (Å²) in [5.74, 6) is 1.34. The van der Waals surface area contributed by atoms with Gasteiger partial charge in [-0.3, -0.25) is 4.79 Å². The third-order valence-corrected chi connectivity index (χ3v) is 4.08. The van der Waals surface area contributed by atoms with Crippen molar-refractivity contribution in [2.75, 3.05) is 5.32 Å². The maximum Gasteiger partial charge on any atom is 0.225 e. The van der Waals surface area contributed by atoms with Gasteiger partial charge in [0.1, 0.15) is 5.82 Å². The molecule has 0 bridgehead atoms. The van der Waals surface area contributed by atoms with E-state index >= 15 is 0 Å². The number of halogens is 1. The van der Waals surface area contributed by atoms with E-state index in [1.807, 2.05) is 43.3 Å². The number of thioether (sulfide) groups is 1. The van der Waals surface area contributed by atoms with E-state index < -0.39 is 0 Å². The van der Waals surface area contributed by atoms with Crippen molar-refractivity contribution < 1.29 is 4.79 Å². The topological polar surface area (TPSA) is 42.0 Å². The van der Waals surface area contributed by atoms with E-state index in [4.69, 9.17) is 11.6 Å². The molecule has 0 spiro atoms. The normalized spacial score (nSPS) is 10.3. The molecule has 1 aromatic carbocycles. The second-order valence-corrected chi connectivity index (χ2v) is 5.62. The highest BCUT2D eigenvalue weighted by molar-refractivity contribution is 7.98. The smallest absolute Gasteiger partial charge is 0.225 e. The van der Waals surface area contributed by atoms with Crippen molar-refractivity contribution >= 4 is 35.1 Å². The van der Waals surface area contributed by atoms with Crippen LogP contribution in [-0.4, -0.2) is 10.9 Å². The summed E-state index contributed by atoms with van der Waals surface area (Å²) < 4.78 is 0. The monoisotopic (exact) mass is 306 g/mol. The lowest BCUT2D eigenvalue weighted by Gasteiger charge is -2.05. The van der Waals surface area contributed by atoms with Crippen LogP contribution in [0.4, 0.5) is 5.82 Å². The number of hydrogen-bond acceptors (Lipinski definition) is 3. The van der Waals surface area contributed by atoms with Gasteiger partial charge < -0.3 is 5.32 Å². The number of nitrogens with one attached hydrogen (secondary N) is 1. The van der Waals surface area contributed by atoms with E-state index in [1.165, 1.54) is 0 Å². The molecule has 2 rings (SSSR count). The molecule has 0 saturated carbocycles. The molecular weight excluding hydrogens is 292 g/mol. The van der Waals surface area contributed by atoms with Crippen molar-refractivity contribution in [3.05, 3.63) is 53.2 Å². The van der Waals surface area contributed by atoms with E-state index in [0.717, 1.165) is 21.2 Å². The summed E-state index contributed by atoms with van der Waals surface area (Å²) in [5, 5.41) is 3.50. The third kappa shape index (κ3) is 4.25. The predicted octanol–water partition coefficient (Wildman–Crippen LogP) is 4.38. The van der Waals surface area contributed by atoms with Crippen LogP contribution in [0.25, 0.3) is 0 Å². The van der Waals surface area contributed by atoms with E-state index in [-0.39, 0.29) is 5.91 Å². The first kappa shape index (κ1) is 14.9. The van der Waals surface area contributed by atoms with Crippen molar-refractivity contribution in [2.24, 2.45) is 0 Å². The highest BCUT2D eigenvalue weighted by Gasteiger charge is 2.03. The highest BCUT2D eigenvalue weighted by atomic mass is 35.5. The summed E-state index contributed by atoms with van der Waals surface area (Å²) in [6.07, 6.45) is 2.21. The largest absolute Gasteiger partial charge is 0.311 e. The Balaban J connectivity index is 1.94. The van der Waals surface area contributed by atoms with Gasteiger partial charge in [0.25, 0.3) is 0 Å². The Labute approximate surface area is 127 Å². The molecule has 0 saturated heterocycles. The van der Waals surface area contributed by atoms with Gasteiger partial charge in [0.2, 0.25) is 5.91 Å². The van der Waals surface area contributed by atoms with Crippen LogP contribution >= 0.6 is 23.4 Å². The van der Waals surface area contributed by atoms with Crippen LogP contribution in [0.2, 0.25) is 5.02 Å². The Morgan fingerprint density at radius 3 is 2.75 bits per heavy atom. The quantitative estimate of drug-likeness (QED) is 0.834. The number of carbonyl (C=O) groups is 1. The summed E-state index contributed by atoms with van der Waals surface area (Å²) in [4.78, 5) is 16.5. The molecule has 2 aromatic rings. The molecule has 104 valence electrons. The summed E-state index contributed by atoms with van der Waals surface area (Å²) in [5.41, 5.74) is 1.10. The van der Waals surface area contributed by atoms with E-state index in [2.05, 4.69) is 10.3 Å². The molecule has 5 heteroatoms. The van der Waals surface area contributed by atoms with Crippen LogP contribution in [0.15, 0.2) is 47.5 Å². The Kier molecular flexibility index (Phi) is 5.44. The average Bonchev–Trinajstić information content (AvgIpc) is 2.48. The van der Waals surface area contributed by atoms with Crippen molar-refractivity contribution in [1.82, 2.24) is 4.98 Å². The van der Waals surface area contributed by atoms with E-state index in [9.17, 15) is 4.79 Å². The fourth-order valence-corrected chi connectivity index (χ4v) is 2.69. The molecule has 1 amide bonds. The summed E-state index contributed by atoms with van der Waals surface area (Å²) in [7, 11) is 0. The second kappa shape index (κ2) is 7.31. The molecule has 3 nitrogen and oxygen atoms in total. The molecule has 0 unspecified atom stereocenters. The van der Waals surface area contributed by atoms with Gasteiger partial charge in [-0.2, -0.15) is 0 Å². The number of rotatable bonds is 5. The first-order valence-corrected chi connectivity index (χ1v) is 7.67. The zero-order valence-electron chi connectivity index (χ0n) is 11.1. The van der Waals surface area contributed by atoms with E-state index in [0.29, 0.717) is 12.2 Å². The molecule has 0 atom stereocenters. The van der Waals surface area contributed by atoms with Gasteiger partial charge >= 0.3 is 0 Å². The highest BCUT2D eigenvalue weighted by Crippen LogP contribution is 2.26. The molecular formula is C15H15ClN2OS. The zero-order valence-corrected chi connectivity index (χ0v) is 12.7. The Morgan fingerprint density at radius 2 is 2.10 bits per heavy atom. The van der Waals surface area contributed by atoms with Gasteiger partial charge in [-0.1, -0.05) is 36.7 Å². The fourth-order valence-electron chi connectivity index (χ4n) is 1.55. The van der Waals surface area contributed by atoms with Gasteiger partial charge in [-0.15, -0.1) is 11.8 Å². The fraction of sp³-hybridized carbons (Fsp3) is 0.200. The van der Waals surface area contributed by atoms with Crippen LogP contribution in [0.5, 0.6) is 0 Å². The molecule has 1 N–H and O–H groups in total. The minimum Gasteiger partial charge on any atom is -0.311 e. The lowest BCUT2D eigenvalue weighted by molar-refractivity contribution is -0.115. The van der Waals surface area contributed by atoms with Crippen LogP contribution in [0.1, 0.15) is 18.9 Å². The number of pyridine rings is 1. The molecule has 0 aliphatic heterocycles. The Hall–Kier alpha value is -1.52. The number of aromatic nitrogens is 1. The van der Waals surface area contributed by atoms with Gasteiger partial charge in [0.15, 0.2) is 0 Å². The average molecular weight is 307 g/mol. The Morgan fingerprint density at radius 1 is 1.30 bits per heavy atom. The Bertz CT molecular complexity index is 587. The molecule has 0 aliphatic carbocycles. The number of hydrogen-bond donors (Lipinski definition) is 1. The van der Waals surface area contributed by atoms with Crippen molar-refractivity contribution in [2.45, 2.75) is 24.0 Å². The zero-order chi connectivity index (χ0) is 14.4. The maximum absolute atomic E-state index is 11.2. The predicted molar refractivity (Wildman–Crippen MR) is 84.2 cm³/mol. The SMILES string of the molecule is CCC(=O)Nc1ccc(SCc2ccccc2Cl)cn1. The third-order valence-electron chi connectivity index (χ3n) is 2.68. The molecule has 0 fully saturated rings. The number of amides is 1. The molecule has 1 aromatic heterocycles. The van der Waals surface area contributed by atoms with Crippen molar-refractivity contribution in [1.29, 1.82) is 0 Å². The summed E-state index contributed by atoms with van der Waals surface area (Å²) in [6.45, 7) is 1.81. The first-order valence-electron chi connectivity index (χ1n) is 6.31. The van der Waals surface area contributed by atoms with Crippen LogP contribution in [0, 0.1) is 0 Å². The maximum atomic E-state index is 11.2. The van der Waals surface area contributed by atoms with Crippen LogP contribution in [-0.2, 0) is 10.5 Å². The molecule has 20 heavy (non-hydrogen) atoms. The number of anilines is 1. The lowest BCUT2D eigenvalue weighted by atomic mass is 10.2. The number of nitrogens with zero attached hydrogens (tertiary/aromatic N) is 1. The number of benzene rings is 1. The van der Waals surface area contributed by atoms with Crippen molar-refractivity contribution in [3.8, 4) is 0 Å². The van der Waals surface area contributed by atoms with Gasteiger partial charge in [-0.25, -0.2) is 4.98 Å². The van der Waals surface area contributed by atoms with Crippen molar-refractivity contribution in [3.63, 3.8) is 0 Å². The summed E-state index contributed by atoms with van der Waals surface area (Å²) in [6, 6.07) is 11.5. The molecule has 0 aliphatic rings. The first-order chi connectivity index (χ1) is 9.69. The minimum atomic E-state index is -0.0334. The van der Waals surface area contributed by atoms with E-state index in [1.54, 1.807) is 18.0 Å². The molecule has 0 radical (unpaired) electrons. The second-order valence-electron chi connectivity index (χ2n) is 4.16. The number of carbonyl (C=O) groups excluding carboxylic acids is 1. The molecule has 1 heterocycles. The standard InChI is InChI=1S/C15H15ClN2OS/c1-2-15(19)18-14-8-7-12(9-17-14)20-10-11-5-3-4-6-13(11)16/h3-9H,2,10H2,1H3,(H,17,18,19). The van der Waals surface area contributed by atoms with Gasteiger partial charge in [0.05, 0.1) is 0 Å². The summed E-state index contributed by atoms with van der Waals surface area (Å²) >= 11 is 7.77. The van der Waals surface area contributed by atoms with Gasteiger partial charge in [-0.05, 0) is 23.8 Å². The van der Waals surface area contributed by atoms with Gasteiger partial charge in [0, 0.05) is 28.3 Å². The van der Waals surface area contributed by atoms with Crippen LogP contribution in [0.3, 0.4) is 0 Å². The lowest BCUT2D eigenvalue weighted by Crippen LogP contribution is -2.10.